The van der Waals surface area contributed by atoms with E-state index in [1.807, 2.05) is 22.9 Å². The van der Waals surface area contributed by atoms with E-state index in [9.17, 15) is 0 Å². The van der Waals surface area contributed by atoms with Crippen LogP contribution in [0.5, 0.6) is 11.5 Å². The second-order valence-electron chi connectivity index (χ2n) is 5.82. The average molecular weight is 353 g/mol. The van der Waals surface area contributed by atoms with Gasteiger partial charge in [0, 0.05) is 38.0 Å². The Kier molecular flexibility index (Phi) is 5.78. The van der Waals surface area contributed by atoms with Crippen molar-refractivity contribution in [2.45, 2.75) is 32.7 Å². The van der Waals surface area contributed by atoms with Crippen molar-refractivity contribution >= 4 is 0 Å². The van der Waals surface area contributed by atoms with Crippen LogP contribution in [0.4, 0.5) is 0 Å². The summed E-state index contributed by atoms with van der Waals surface area (Å²) in [5.74, 6) is 3.19. The minimum absolute atomic E-state index is 0.644. The third-order valence-corrected chi connectivity index (χ3v) is 4.12. The molecule has 0 radical (unpaired) electrons. The third kappa shape index (κ3) is 4.17. The normalized spacial score (nSPS) is 10.7. The number of aromatic nitrogens is 5. The maximum atomic E-state index is 5.37. The van der Waals surface area contributed by atoms with Crippen LogP contribution in [0.15, 0.2) is 36.8 Å². The SMILES string of the molecule is CCn1nc(Cc2ccc(OC)c(OC)c2)nc1CCc1cnccn1. The Morgan fingerprint density at radius 1 is 1.04 bits per heavy atom. The molecule has 0 spiro atoms. The molecule has 0 N–H and O–H groups in total. The van der Waals surface area contributed by atoms with Crippen molar-refractivity contribution in [1.29, 1.82) is 0 Å². The van der Waals surface area contributed by atoms with Gasteiger partial charge < -0.3 is 9.47 Å². The summed E-state index contributed by atoms with van der Waals surface area (Å²) in [7, 11) is 3.27. The van der Waals surface area contributed by atoms with E-state index in [-0.39, 0.29) is 0 Å². The summed E-state index contributed by atoms with van der Waals surface area (Å²) in [4.78, 5) is 13.1. The molecule has 0 bridgehead atoms. The van der Waals surface area contributed by atoms with Gasteiger partial charge in [0.1, 0.15) is 5.82 Å². The molecule has 1 aromatic carbocycles. The maximum Gasteiger partial charge on any atom is 0.161 e. The van der Waals surface area contributed by atoms with E-state index in [0.717, 1.165) is 42.3 Å². The van der Waals surface area contributed by atoms with Crippen LogP contribution in [0.3, 0.4) is 0 Å². The van der Waals surface area contributed by atoms with Gasteiger partial charge in [0.15, 0.2) is 17.3 Å². The fourth-order valence-corrected chi connectivity index (χ4v) is 2.81. The van der Waals surface area contributed by atoms with E-state index >= 15 is 0 Å². The molecule has 0 amide bonds. The Morgan fingerprint density at radius 2 is 1.88 bits per heavy atom. The molecule has 0 fully saturated rings. The fourth-order valence-electron chi connectivity index (χ4n) is 2.81. The van der Waals surface area contributed by atoms with Crippen LogP contribution in [0.1, 0.15) is 29.8 Å². The molecule has 0 aliphatic heterocycles. The highest BCUT2D eigenvalue weighted by Crippen LogP contribution is 2.28. The maximum absolute atomic E-state index is 5.37. The lowest BCUT2D eigenvalue weighted by Gasteiger charge is -2.08. The van der Waals surface area contributed by atoms with Gasteiger partial charge in [0.2, 0.25) is 0 Å². The Balaban J connectivity index is 1.74. The van der Waals surface area contributed by atoms with Gasteiger partial charge in [-0.15, -0.1) is 0 Å². The first-order valence-corrected chi connectivity index (χ1v) is 8.61. The zero-order chi connectivity index (χ0) is 18.4. The summed E-state index contributed by atoms with van der Waals surface area (Å²) < 4.78 is 12.6. The number of ether oxygens (including phenoxy) is 2. The first-order chi connectivity index (χ1) is 12.7. The van der Waals surface area contributed by atoms with Crippen LogP contribution >= 0.6 is 0 Å². The Hall–Kier alpha value is -2.96. The van der Waals surface area contributed by atoms with Crippen molar-refractivity contribution in [3.63, 3.8) is 0 Å². The standard InChI is InChI=1S/C19H23N5O2/c1-4-24-19(8-6-15-13-20-9-10-21-15)22-18(23-24)12-14-5-7-16(25-2)17(11-14)26-3/h5,7,9-11,13H,4,6,8,12H2,1-3H3. The third-order valence-electron chi connectivity index (χ3n) is 4.12. The molecule has 26 heavy (non-hydrogen) atoms. The van der Waals surface area contributed by atoms with Gasteiger partial charge in [-0.2, -0.15) is 5.10 Å². The van der Waals surface area contributed by atoms with Crippen LogP contribution in [0.25, 0.3) is 0 Å². The van der Waals surface area contributed by atoms with Crippen LogP contribution in [-0.4, -0.2) is 39.0 Å². The lowest BCUT2D eigenvalue weighted by molar-refractivity contribution is 0.354. The minimum Gasteiger partial charge on any atom is -0.493 e. The molecule has 136 valence electrons. The largest absolute Gasteiger partial charge is 0.493 e. The summed E-state index contributed by atoms with van der Waals surface area (Å²) >= 11 is 0. The highest BCUT2D eigenvalue weighted by Gasteiger charge is 2.12. The molecular formula is C19H23N5O2. The summed E-state index contributed by atoms with van der Waals surface area (Å²) in [6.45, 7) is 2.86. The molecule has 0 unspecified atom stereocenters. The van der Waals surface area contributed by atoms with Crippen molar-refractivity contribution in [2.75, 3.05) is 14.2 Å². The number of rotatable bonds is 8. The molecule has 3 rings (SSSR count). The van der Waals surface area contributed by atoms with Gasteiger partial charge in [-0.3, -0.25) is 14.6 Å². The van der Waals surface area contributed by atoms with Crippen molar-refractivity contribution in [3.8, 4) is 11.5 Å². The van der Waals surface area contributed by atoms with Gasteiger partial charge in [-0.1, -0.05) is 6.07 Å². The van der Waals surface area contributed by atoms with E-state index in [1.54, 1.807) is 32.8 Å². The number of hydrogen-bond acceptors (Lipinski definition) is 6. The molecule has 2 aromatic heterocycles. The van der Waals surface area contributed by atoms with Gasteiger partial charge in [0.05, 0.1) is 19.9 Å². The van der Waals surface area contributed by atoms with Crippen molar-refractivity contribution < 1.29 is 9.47 Å². The molecule has 0 saturated carbocycles. The molecule has 7 nitrogen and oxygen atoms in total. The van der Waals surface area contributed by atoms with Gasteiger partial charge in [-0.05, 0) is 31.0 Å². The predicted molar refractivity (Wildman–Crippen MR) is 97.5 cm³/mol. The predicted octanol–water partition coefficient (Wildman–Crippen LogP) is 2.48. The number of hydrogen-bond donors (Lipinski definition) is 0. The Labute approximate surface area is 153 Å². The second-order valence-corrected chi connectivity index (χ2v) is 5.82. The summed E-state index contributed by atoms with van der Waals surface area (Å²) in [5.41, 5.74) is 2.04. The number of benzene rings is 1. The van der Waals surface area contributed by atoms with E-state index in [1.165, 1.54) is 0 Å². The summed E-state index contributed by atoms with van der Waals surface area (Å²) in [6.07, 6.45) is 7.40. The van der Waals surface area contributed by atoms with E-state index < -0.39 is 0 Å². The molecule has 0 atom stereocenters. The number of nitrogens with zero attached hydrogens (tertiary/aromatic N) is 5. The van der Waals surface area contributed by atoms with Gasteiger partial charge in [-0.25, -0.2) is 4.98 Å². The first kappa shape index (κ1) is 17.8. The second kappa shape index (κ2) is 8.42. The molecule has 0 saturated heterocycles. The van der Waals surface area contributed by atoms with Gasteiger partial charge in [0.25, 0.3) is 0 Å². The molecule has 0 aliphatic carbocycles. The van der Waals surface area contributed by atoms with Crippen LogP contribution in [-0.2, 0) is 25.8 Å². The zero-order valence-electron chi connectivity index (χ0n) is 15.3. The van der Waals surface area contributed by atoms with Crippen molar-refractivity contribution in [3.05, 3.63) is 59.7 Å². The average Bonchev–Trinajstić information content (AvgIpc) is 3.08. The minimum atomic E-state index is 0.644. The van der Waals surface area contributed by atoms with E-state index in [4.69, 9.17) is 14.5 Å². The number of methoxy groups -OCH3 is 2. The van der Waals surface area contributed by atoms with Crippen molar-refractivity contribution in [2.24, 2.45) is 0 Å². The van der Waals surface area contributed by atoms with E-state index in [0.29, 0.717) is 17.9 Å². The quantitative estimate of drug-likeness (QED) is 0.619. The first-order valence-electron chi connectivity index (χ1n) is 8.61. The lowest BCUT2D eigenvalue weighted by Crippen LogP contribution is -2.05. The van der Waals surface area contributed by atoms with Crippen LogP contribution in [0, 0.1) is 0 Å². The molecule has 2 heterocycles. The number of aryl methyl sites for hydroxylation is 3. The molecular weight excluding hydrogens is 330 g/mol. The Bertz CT molecular complexity index is 848. The topological polar surface area (TPSA) is 75.0 Å². The van der Waals surface area contributed by atoms with Gasteiger partial charge >= 0.3 is 0 Å². The van der Waals surface area contributed by atoms with Crippen LogP contribution in [0.2, 0.25) is 0 Å². The molecule has 7 heteroatoms. The summed E-state index contributed by atoms with van der Waals surface area (Å²) in [5, 5.41) is 4.63. The summed E-state index contributed by atoms with van der Waals surface area (Å²) in [6, 6.07) is 5.87. The van der Waals surface area contributed by atoms with Crippen molar-refractivity contribution in [1.82, 2.24) is 24.7 Å². The lowest BCUT2D eigenvalue weighted by atomic mass is 10.1. The highest BCUT2D eigenvalue weighted by atomic mass is 16.5. The van der Waals surface area contributed by atoms with E-state index in [2.05, 4.69) is 22.0 Å². The highest BCUT2D eigenvalue weighted by molar-refractivity contribution is 5.43. The zero-order valence-corrected chi connectivity index (χ0v) is 15.3. The molecule has 0 aliphatic rings. The molecule has 3 aromatic rings. The monoisotopic (exact) mass is 353 g/mol. The Morgan fingerprint density at radius 3 is 2.58 bits per heavy atom. The van der Waals surface area contributed by atoms with Crippen LogP contribution < -0.4 is 9.47 Å². The smallest absolute Gasteiger partial charge is 0.161 e. The fraction of sp³-hybridized carbons (Fsp3) is 0.368.